The van der Waals surface area contributed by atoms with Gasteiger partial charge in [0.2, 0.25) is 0 Å². The smallest absolute Gasteiger partial charge is 0.286 e. The molecule has 0 amide bonds. The van der Waals surface area contributed by atoms with E-state index in [4.69, 9.17) is 4.55 Å². The van der Waals surface area contributed by atoms with Gasteiger partial charge in [-0.25, -0.2) is 4.39 Å². The van der Waals surface area contributed by atoms with Gasteiger partial charge in [-0.1, -0.05) is 148 Å². The summed E-state index contributed by atoms with van der Waals surface area (Å²) in [5, 5.41) is 0. The standard InChI is InChI=1S/C20H42O3S.C12H19F8N/c1-2-3-4-5-6-7-8-9-10-11-12-13-14-15-16-17-18-19-20-24(21,22)23;13-9(11(17,18)12(19,20)21)7-5-3-1-2-4-6-8-10(14,15)16/h2-20H2,1H3,(H,21,22,23);9H,1-8,21H2. The van der Waals surface area contributed by atoms with E-state index >= 15 is 0 Å². The summed E-state index contributed by atoms with van der Waals surface area (Å²) < 4.78 is 128. The van der Waals surface area contributed by atoms with Crippen LogP contribution in [0.25, 0.3) is 0 Å². The van der Waals surface area contributed by atoms with Gasteiger partial charge < -0.3 is 0 Å². The fourth-order valence-electron chi connectivity index (χ4n) is 4.93. The number of unbranched alkanes of at least 4 members (excludes halogenated alkanes) is 22. The van der Waals surface area contributed by atoms with Crippen LogP contribution in [0.3, 0.4) is 0 Å². The lowest BCUT2D eigenvalue weighted by molar-refractivity contribution is -0.236. The Morgan fingerprint density at radius 1 is 0.556 bits per heavy atom. The van der Waals surface area contributed by atoms with Crippen LogP contribution in [0.2, 0.25) is 0 Å². The van der Waals surface area contributed by atoms with Crippen LogP contribution in [0.4, 0.5) is 35.1 Å². The zero-order valence-electron chi connectivity index (χ0n) is 27.4. The molecule has 0 radical (unpaired) electrons. The first-order chi connectivity index (χ1) is 20.9. The van der Waals surface area contributed by atoms with Gasteiger partial charge in [0, 0.05) is 6.42 Å². The van der Waals surface area contributed by atoms with Crippen LogP contribution in [0.5, 0.6) is 0 Å². The number of hydrogen-bond acceptors (Lipinski definition) is 3. The Kier molecular flexibility index (Phi) is 28.1. The minimum atomic E-state index is -4.92. The number of halogens is 8. The summed E-state index contributed by atoms with van der Waals surface area (Å²) in [6.45, 7) is 2.27. The van der Waals surface area contributed by atoms with Crippen molar-refractivity contribution < 1.29 is 48.1 Å². The lowest BCUT2D eigenvalue weighted by Gasteiger charge is -2.25. The molecule has 0 aromatic heterocycles. The molecule has 0 bridgehead atoms. The molecule has 0 rings (SSSR count). The van der Waals surface area contributed by atoms with Gasteiger partial charge in [-0.05, 0) is 19.3 Å². The maximum atomic E-state index is 13.0. The number of rotatable bonds is 29. The quantitative estimate of drug-likeness (QED) is 0.0354. The molecule has 274 valence electrons. The molecule has 0 aliphatic carbocycles. The van der Waals surface area contributed by atoms with Gasteiger partial charge in [0.15, 0.2) is 6.17 Å². The molecule has 0 aromatic carbocycles. The number of alkyl halides is 8. The largest absolute Gasteiger partial charge is 0.389 e. The molecule has 0 saturated heterocycles. The monoisotopic (exact) mass is 691 g/mol. The van der Waals surface area contributed by atoms with Crippen LogP contribution in [-0.2, 0) is 10.1 Å². The van der Waals surface area contributed by atoms with Crippen LogP contribution in [0.1, 0.15) is 174 Å². The van der Waals surface area contributed by atoms with Gasteiger partial charge >= 0.3 is 18.1 Å². The highest BCUT2D eigenvalue weighted by atomic mass is 32.2. The molecular weight excluding hydrogens is 630 g/mol. The van der Waals surface area contributed by atoms with E-state index in [-0.39, 0.29) is 18.6 Å². The summed E-state index contributed by atoms with van der Waals surface area (Å²) >= 11 is 0. The molecule has 0 heterocycles. The van der Waals surface area contributed by atoms with Gasteiger partial charge in [0.25, 0.3) is 10.1 Å². The van der Waals surface area contributed by atoms with Crippen molar-refractivity contribution >= 4 is 10.1 Å². The molecule has 0 fully saturated rings. The Morgan fingerprint density at radius 2 is 0.867 bits per heavy atom. The molecule has 3 N–H and O–H groups in total. The normalized spacial score (nSPS) is 13.5. The summed E-state index contributed by atoms with van der Waals surface area (Å²) in [6.07, 6.45) is 15.8. The second kappa shape index (κ2) is 27.3. The zero-order valence-corrected chi connectivity index (χ0v) is 28.3. The Balaban J connectivity index is 0. The second-order valence-electron chi connectivity index (χ2n) is 12.3. The van der Waals surface area contributed by atoms with Crippen molar-refractivity contribution in [3.05, 3.63) is 0 Å². The highest BCUT2D eigenvalue weighted by Crippen LogP contribution is 2.36. The Morgan fingerprint density at radius 3 is 1.18 bits per heavy atom. The summed E-state index contributed by atoms with van der Waals surface area (Å²) in [6, 6.07) is -4.91. The first kappa shape index (κ1) is 46.4. The van der Waals surface area contributed by atoms with E-state index in [1.807, 2.05) is 0 Å². The Hall–Kier alpha value is -0.690. The number of hydrogen-bond donors (Lipinski definition) is 2. The maximum absolute atomic E-state index is 13.0. The van der Waals surface area contributed by atoms with E-state index < -0.39 is 47.3 Å². The average molecular weight is 692 g/mol. The van der Waals surface area contributed by atoms with Crippen molar-refractivity contribution in [1.29, 1.82) is 0 Å². The Labute approximate surface area is 267 Å². The SMILES string of the molecule is CCCCCCCCCCCCCCCCCCCCS(=O)(=O)O.NC(F)(F)C(F)(F)C(F)CCCCCCCCC(F)(F)F. The van der Waals surface area contributed by atoms with Crippen molar-refractivity contribution in [1.82, 2.24) is 0 Å². The van der Waals surface area contributed by atoms with E-state index in [0.717, 1.165) is 12.8 Å². The van der Waals surface area contributed by atoms with Crippen LogP contribution in [0, 0.1) is 0 Å². The van der Waals surface area contributed by atoms with Crippen molar-refractivity contribution in [2.75, 3.05) is 5.75 Å². The lowest BCUT2D eigenvalue weighted by Crippen LogP contribution is -2.53. The van der Waals surface area contributed by atoms with E-state index in [9.17, 15) is 43.5 Å². The molecule has 0 aliphatic rings. The summed E-state index contributed by atoms with van der Waals surface area (Å²) in [5.74, 6) is -4.99. The summed E-state index contributed by atoms with van der Waals surface area (Å²) in [7, 11) is -3.75. The zero-order chi connectivity index (χ0) is 34.7. The molecule has 1 atom stereocenters. The minimum absolute atomic E-state index is 0.0211. The molecule has 0 spiro atoms. The Bertz CT molecular complexity index is 762. The van der Waals surface area contributed by atoms with Crippen LogP contribution < -0.4 is 5.73 Å². The van der Waals surface area contributed by atoms with Gasteiger partial charge in [-0.3, -0.25) is 10.3 Å². The maximum Gasteiger partial charge on any atom is 0.389 e. The van der Waals surface area contributed by atoms with Crippen LogP contribution in [-0.4, -0.2) is 43.0 Å². The molecule has 0 aliphatic heterocycles. The van der Waals surface area contributed by atoms with Crippen molar-refractivity contribution in [2.45, 2.75) is 198 Å². The summed E-state index contributed by atoms with van der Waals surface area (Å²) in [5.41, 5.74) is 3.92. The summed E-state index contributed by atoms with van der Waals surface area (Å²) in [4.78, 5) is 0. The third kappa shape index (κ3) is 33.0. The fraction of sp³-hybridized carbons (Fsp3) is 1.00. The topological polar surface area (TPSA) is 80.4 Å². The first-order valence-electron chi connectivity index (χ1n) is 17.1. The molecule has 45 heavy (non-hydrogen) atoms. The highest BCUT2D eigenvalue weighted by molar-refractivity contribution is 7.85. The van der Waals surface area contributed by atoms with Crippen molar-refractivity contribution in [3.8, 4) is 0 Å². The van der Waals surface area contributed by atoms with Crippen molar-refractivity contribution in [2.24, 2.45) is 5.73 Å². The third-order valence-electron chi connectivity index (χ3n) is 7.76. The van der Waals surface area contributed by atoms with E-state index in [1.54, 1.807) is 0 Å². The minimum Gasteiger partial charge on any atom is -0.286 e. The van der Waals surface area contributed by atoms with Gasteiger partial charge in [-0.15, -0.1) is 0 Å². The van der Waals surface area contributed by atoms with Crippen LogP contribution in [0.15, 0.2) is 0 Å². The lowest BCUT2D eigenvalue weighted by atomic mass is 10.0. The van der Waals surface area contributed by atoms with Crippen LogP contribution >= 0.6 is 0 Å². The van der Waals surface area contributed by atoms with Gasteiger partial charge in [0.05, 0.1) is 5.75 Å². The molecule has 1 unspecified atom stereocenters. The first-order valence-corrected chi connectivity index (χ1v) is 18.8. The van der Waals surface area contributed by atoms with E-state index in [2.05, 4.69) is 12.7 Å². The molecular formula is C32H61F8NO3S. The van der Waals surface area contributed by atoms with Crippen molar-refractivity contribution in [3.63, 3.8) is 0 Å². The molecule has 0 saturated carbocycles. The molecule has 0 aromatic rings. The predicted molar refractivity (Wildman–Crippen MR) is 167 cm³/mol. The molecule has 4 nitrogen and oxygen atoms in total. The fourth-order valence-corrected chi connectivity index (χ4v) is 5.50. The highest BCUT2D eigenvalue weighted by Gasteiger charge is 2.59. The molecule has 13 heteroatoms. The average Bonchev–Trinajstić information content (AvgIpc) is 2.92. The second-order valence-corrected chi connectivity index (χ2v) is 13.9. The van der Waals surface area contributed by atoms with Gasteiger partial charge in [-0.2, -0.15) is 39.2 Å². The van der Waals surface area contributed by atoms with E-state index in [1.165, 1.54) is 96.3 Å². The predicted octanol–water partition coefficient (Wildman–Crippen LogP) is 12.1. The van der Waals surface area contributed by atoms with E-state index in [0.29, 0.717) is 32.1 Å². The third-order valence-corrected chi connectivity index (χ3v) is 8.57. The van der Waals surface area contributed by atoms with Gasteiger partial charge in [0.1, 0.15) is 0 Å². The number of nitrogens with two attached hydrogens (primary N) is 1.